The quantitative estimate of drug-likeness (QED) is 0.892. The second-order valence-electron chi connectivity index (χ2n) is 7.11. The fourth-order valence-electron chi connectivity index (χ4n) is 3.57. The summed E-state index contributed by atoms with van der Waals surface area (Å²) in [7, 11) is 0. The highest BCUT2D eigenvalue weighted by Crippen LogP contribution is 2.29. The van der Waals surface area contributed by atoms with Crippen LogP contribution in [0.15, 0.2) is 48.5 Å². The van der Waals surface area contributed by atoms with Gasteiger partial charge in [-0.15, -0.1) is 0 Å². The second-order valence-corrected chi connectivity index (χ2v) is 7.11. The van der Waals surface area contributed by atoms with Gasteiger partial charge in [-0.3, -0.25) is 9.59 Å². The van der Waals surface area contributed by atoms with Crippen LogP contribution >= 0.6 is 0 Å². The van der Waals surface area contributed by atoms with Gasteiger partial charge in [0.25, 0.3) is 5.91 Å². The van der Waals surface area contributed by atoms with Gasteiger partial charge in [-0.2, -0.15) is 0 Å². The predicted octanol–water partition coefficient (Wildman–Crippen LogP) is 2.68. The third-order valence-electron chi connectivity index (χ3n) is 5.44. The number of carbonyl (C=O) groups excluding carboxylic acids is 2. The minimum absolute atomic E-state index is 0.00705. The number of benzene rings is 2. The van der Waals surface area contributed by atoms with Crippen molar-refractivity contribution in [1.29, 1.82) is 0 Å². The summed E-state index contributed by atoms with van der Waals surface area (Å²) in [5.41, 5.74) is 3.45. The maximum Gasteiger partial charge on any atom is 0.258 e. The van der Waals surface area contributed by atoms with Gasteiger partial charge in [0, 0.05) is 29.4 Å². The molecular formula is C21H23N3O2. The number of carbonyl (C=O) groups is 2. The first-order valence-electron chi connectivity index (χ1n) is 9.15. The molecular weight excluding hydrogens is 326 g/mol. The number of rotatable bonds is 4. The van der Waals surface area contributed by atoms with Gasteiger partial charge in [-0.1, -0.05) is 31.2 Å². The van der Waals surface area contributed by atoms with Gasteiger partial charge < -0.3 is 15.5 Å². The van der Waals surface area contributed by atoms with Crippen molar-refractivity contribution in [3.8, 4) is 0 Å². The summed E-state index contributed by atoms with van der Waals surface area (Å²) in [4.78, 5) is 27.2. The first-order chi connectivity index (χ1) is 12.6. The van der Waals surface area contributed by atoms with Crippen molar-refractivity contribution in [1.82, 2.24) is 5.32 Å². The lowest BCUT2D eigenvalue weighted by Gasteiger charge is -2.31. The SMILES string of the molecule is CC(C(=O)Nc1cccc(C(=O)N2CCc3ccccc32)c1)C1CNC1. The Morgan fingerprint density at radius 2 is 1.96 bits per heavy atom. The molecule has 1 atom stereocenters. The summed E-state index contributed by atoms with van der Waals surface area (Å²) < 4.78 is 0. The molecule has 5 heteroatoms. The van der Waals surface area contributed by atoms with E-state index in [0.29, 0.717) is 23.7 Å². The molecule has 2 aromatic rings. The summed E-state index contributed by atoms with van der Waals surface area (Å²) >= 11 is 0. The highest BCUT2D eigenvalue weighted by molar-refractivity contribution is 6.08. The molecule has 2 aliphatic heterocycles. The fourth-order valence-corrected chi connectivity index (χ4v) is 3.57. The molecule has 0 saturated carbocycles. The van der Waals surface area contributed by atoms with E-state index in [-0.39, 0.29) is 17.7 Å². The largest absolute Gasteiger partial charge is 0.326 e. The lowest BCUT2D eigenvalue weighted by molar-refractivity contribution is -0.121. The normalized spacial score (nSPS) is 17.3. The molecule has 2 aromatic carbocycles. The Kier molecular flexibility index (Phi) is 4.47. The number of fused-ring (bicyclic) bond motifs is 1. The number of anilines is 2. The van der Waals surface area contributed by atoms with Gasteiger partial charge >= 0.3 is 0 Å². The summed E-state index contributed by atoms with van der Waals surface area (Å²) in [5, 5.41) is 6.15. The Morgan fingerprint density at radius 1 is 1.15 bits per heavy atom. The van der Waals surface area contributed by atoms with Crippen LogP contribution in [-0.2, 0) is 11.2 Å². The molecule has 26 heavy (non-hydrogen) atoms. The Morgan fingerprint density at radius 3 is 2.73 bits per heavy atom. The lowest BCUT2D eigenvalue weighted by atomic mass is 9.88. The average Bonchev–Trinajstić information content (AvgIpc) is 3.04. The molecule has 5 nitrogen and oxygen atoms in total. The van der Waals surface area contributed by atoms with Crippen LogP contribution in [0, 0.1) is 11.8 Å². The zero-order valence-electron chi connectivity index (χ0n) is 14.9. The van der Waals surface area contributed by atoms with E-state index in [2.05, 4.69) is 16.7 Å². The molecule has 0 aliphatic carbocycles. The third kappa shape index (κ3) is 3.10. The van der Waals surface area contributed by atoms with Crippen LogP contribution in [0.1, 0.15) is 22.8 Å². The zero-order chi connectivity index (χ0) is 18.1. The van der Waals surface area contributed by atoms with E-state index in [1.807, 2.05) is 42.2 Å². The highest BCUT2D eigenvalue weighted by atomic mass is 16.2. The zero-order valence-corrected chi connectivity index (χ0v) is 14.9. The van der Waals surface area contributed by atoms with Crippen molar-refractivity contribution in [2.24, 2.45) is 11.8 Å². The van der Waals surface area contributed by atoms with Crippen molar-refractivity contribution >= 4 is 23.2 Å². The maximum atomic E-state index is 13.0. The maximum absolute atomic E-state index is 13.0. The van der Waals surface area contributed by atoms with Crippen molar-refractivity contribution < 1.29 is 9.59 Å². The summed E-state index contributed by atoms with van der Waals surface area (Å²) in [5.74, 6) is 0.330. The molecule has 1 unspecified atom stereocenters. The number of nitrogens with one attached hydrogen (secondary N) is 2. The molecule has 1 saturated heterocycles. The van der Waals surface area contributed by atoms with E-state index in [1.165, 1.54) is 5.56 Å². The van der Waals surface area contributed by atoms with E-state index in [9.17, 15) is 9.59 Å². The summed E-state index contributed by atoms with van der Waals surface area (Å²) in [6.07, 6.45) is 0.880. The Hall–Kier alpha value is -2.66. The van der Waals surface area contributed by atoms with E-state index in [0.717, 1.165) is 25.2 Å². The number of para-hydroxylation sites is 1. The van der Waals surface area contributed by atoms with Crippen LogP contribution in [0.2, 0.25) is 0 Å². The highest BCUT2D eigenvalue weighted by Gasteiger charge is 2.29. The molecule has 2 heterocycles. The van der Waals surface area contributed by atoms with Crippen molar-refractivity contribution in [3.63, 3.8) is 0 Å². The van der Waals surface area contributed by atoms with Crippen molar-refractivity contribution in [2.45, 2.75) is 13.3 Å². The van der Waals surface area contributed by atoms with E-state index in [1.54, 1.807) is 12.1 Å². The molecule has 2 N–H and O–H groups in total. The first-order valence-corrected chi connectivity index (χ1v) is 9.15. The van der Waals surface area contributed by atoms with Crippen LogP contribution in [0.3, 0.4) is 0 Å². The molecule has 0 aromatic heterocycles. The predicted molar refractivity (Wildman–Crippen MR) is 102 cm³/mol. The minimum Gasteiger partial charge on any atom is -0.326 e. The van der Waals surface area contributed by atoms with Gasteiger partial charge in [-0.05, 0) is 55.3 Å². The summed E-state index contributed by atoms with van der Waals surface area (Å²) in [6.45, 7) is 4.43. The second kappa shape index (κ2) is 6.92. The first kappa shape index (κ1) is 16.8. The molecule has 2 amide bonds. The minimum atomic E-state index is -0.0407. The third-order valence-corrected chi connectivity index (χ3v) is 5.44. The number of nitrogens with zero attached hydrogens (tertiary/aromatic N) is 1. The molecule has 2 aliphatic rings. The Bertz CT molecular complexity index is 845. The smallest absolute Gasteiger partial charge is 0.258 e. The van der Waals surface area contributed by atoms with Crippen molar-refractivity contribution in [3.05, 3.63) is 59.7 Å². The van der Waals surface area contributed by atoms with Crippen LogP contribution in [0.25, 0.3) is 0 Å². The van der Waals surface area contributed by atoms with Crippen LogP contribution in [0.4, 0.5) is 11.4 Å². The van der Waals surface area contributed by atoms with Crippen molar-refractivity contribution in [2.75, 3.05) is 29.9 Å². The molecule has 0 spiro atoms. The van der Waals surface area contributed by atoms with Gasteiger partial charge in [-0.25, -0.2) is 0 Å². The number of amides is 2. The fraction of sp³-hybridized carbons (Fsp3) is 0.333. The molecule has 4 rings (SSSR count). The van der Waals surface area contributed by atoms with E-state index in [4.69, 9.17) is 0 Å². The number of hydrogen-bond donors (Lipinski definition) is 2. The van der Waals surface area contributed by atoms with Gasteiger partial charge in [0.2, 0.25) is 5.91 Å². The van der Waals surface area contributed by atoms with Gasteiger partial charge in [0.05, 0.1) is 0 Å². The number of hydrogen-bond acceptors (Lipinski definition) is 3. The Labute approximate surface area is 153 Å². The summed E-state index contributed by atoms with van der Waals surface area (Å²) in [6, 6.07) is 15.2. The van der Waals surface area contributed by atoms with Gasteiger partial charge in [0.1, 0.15) is 0 Å². The van der Waals surface area contributed by atoms with E-state index >= 15 is 0 Å². The van der Waals surface area contributed by atoms with Crippen LogP contribution in [0.5, 0.6) is 0 Å². The molecule has 1 fully saturated rings. The lowest BCUT2D eigenvalue weighted by Crippen LogP contribution is -2.48. The Balaban J connectivity index is 1.49. The molecule has 134 valence electrons. The van der Waals surface area contributed by atoms with Gasteiger partial charge in [0.15, 0.2) is 0 Å². The standard InChI is InChI=1S/C21H23N3O2/c1-14(17-12-22-13-17)20(25)23-18-7-4-6-16(11-18)21(26)24-10-9-15-5-2-3-8-19(15)24/h2-8,11,14,17,22H,9-10,12-13H2,1H3,(H,23,25). The monoisotopic (exact) mass is 349 g/mol. The van der Waals surface area contributed by atoms with Crippen LogP contribution < -0.4 is 15.5 Å². The average molecular weight is 349 g/mol. The molecule has 0 radical (unpaired) electrons. The molecule has 0 bridgehead atoms. The van der Waals surface area contributed by atoms with Crippen LogP contribution in [-0.4, -0.2) is 31.4 Å². The topological polar surface area (TPSA) is 61.4 Å². The van der Waals surface area contributed by atoms with E-state index < -0.39 is 0 Å².